The summed E-state index contributed by atoms with van der Waals surface area (Å²) in [7, 11) is 1.39. The molecule has 0 spiro atoms. The molecular weight excluding hydrogens is 344 g/mol. The number of aliphatic hydroxyl groups excluding tert-OH is 1. The second kappa shape index (κ2) is 9.64. The van der Waals surface area contributed by atoms with Crippen LogP contribution in [0.2, 0.25) is 0 Å². The first kappa shape index (κ1) is 20.3. The van der Waals surface area contributed by atoms with Crippen molar-refractivity contribution in [3.05, 3.63) is 60.2 Å². The zero-order chi connectivity index (χ0) is 19.8. The third-order valence-electron chi connectivity index (χ3n) is 4.21. The van der Waals surface area contributed by atoms with Crippen LogP contribution in [0.4, 0.5) is 0 Å². The highest BCUT2D eigenvalue weighted by molar-refractivity contribution is 6.10. The summed E-state index contributed by atoms with van der Waals surface area (Å²) in [5.74, 6) is -1.78. The second-order valence-corrected chi connectivity index (χ2v) is 6.18. The lowest BCUT2D eigenvalue weighted by atomic mass is 10.0. The molecule has 2 aromatic rings. The van der Waals surface area contributed by atoms with E-state index >= 15 is 0 Å². The van der Waals surface area contributed by atoms with Gasteiger partial charge < -0.3 is 15.3 Å². The minimum Gasteiger partial charge on any atom is -0.388 e. The van der Waals surface area contributed by atoms with Crippen LogP contribution in [0.1, 0.15) is 23.7 Å². The maximum Gasteiger partial charge on any atom is 0.254 e. The van der Waals surface area contributed by atoms with Gasteiger partial charge in [0.1, 0.15) is 6.61 Å². The predicted octanol–water partition coefficient (Wildman–Crippen LogP) is 1.88. The SMILES string of the molecule is CCCNC(=O)C(C(=O)CO)N(C)C(=O)c1ccc(-c2ccccc2)cc1. The zero-order valence-corrected chi connectivity index (χ0v) is 15.5. The number of nitrogens with zero attached hydrogens (tertiary/aromatic N) is 1. The van der Waals surface area contributed by atoms with Crippen LogP contribution in [0.25, 0.3) is 11.1 Å². The number of carbonyl (C=O) groups excluding carboxylic acids is 3. The van der Waals surface area contributed by atoms with E-state index in [4.69, 9.17) is 0 Å². The summed E-state index contributed by atoms with van der Waals surface area (Å²) >= 11 is 0. The number of Topliss-reactive ketones (excluding diaryl/α,β-unsaturated/α-hetero) is 1. The molecule has 0 bridgehead atoms. The molecular formula is C21H24N2O4. The molecule has 6 nitrogen and oxygen atoms in total. The molecule has 2 aromatic carbocycles. The quantitative estimate of drug-likeness (QED) is 0.697. The Hall–Kier alpha value is -2.99. The molecule has 2 N–H and O–H groups in total. The summed E-state index contributed by atoms with van der Waals surface area (Å²) in [6.07, 6.45) is 0.699. The van der Waals surface area contributed by atoms with Gasteiger partial charge >= 0.3 is 0 Å². The molecule has 0 radical (unpaired) electrons. The van der Waals surface area contributed by atoms with Crippen molar-refractivity contribution in [1.29, 1.82) is 0 Å². The summed E-state index contributed by atoms with van der Waals surface area (Å²) in [5, 5.41) is 11.8. The van der Waals surface area contributed by atoms with Crippen molar-refractivity contribution < 1.29 is 19.5 Å². The Kier molecular flexibility index (Phi) is 7.25. The van der Waals surface area contributed by atoms with Crippen LogP contribution in [0, 0.1) is 0 Å². The lowest BCUT2D eigenvalue weighted by Gasteiger charge is -2.26. The van der Waals surface area contributed by atoms with Gasteiger partial charge in [0.2, 0.25) is 0 Å². The summed E-state index contributed by atoms with van der Waals surface area (Å²) in [6, 6.07) is 15.3. The van der Waals surface area contributed by atoms with E-state index in [9.17, 15) is 19.5 Å². The highest BCUT2D eigenvalue weighted by Gasteiger charge is 2.33. The van der Waals surface area contributed by atoms with Gasteiger partial charge in [-0.15, -0.1) is 0 Å². The molecule has 142 valence electrons. The van der Waals surface area contributed by atoms with Crippen molar-refractivity contribution in [2.45, 2.75) is 19.4 Å². The summed E-state index contributed by atoms with van der Waals surface area (Å²) in [4.78, 5) is 38.1. The predicted molar refractivity (Wildman–Crippen MR) is 103 cm³/mol. The first-order valence-electron chi connectivity index (χ1n) is 8.83. The van der Waals surface area contributed by atoms with E-state index < -0.39 is 30.2 Å². The van der Waals surface area contributed by atoms with Gasteiger partial charge in [-0.3, -0.25) is 14.4 Å². The number of benzene rings is 2. The van der Waals surface area contributed by atoms with E-state index in [0.717, 1.165) is 16.0 Å². The molecule has 0 aliphatic carbocycles. The Balaban J connectivity index is 2.20. The van der Waals surface area contributed by atoms with Crippen molar-refractivity contribution in [3.8, 4) is 11.1 Å². The number of rotatable bonds is 8. The average molecular weight is 368 g/mol. The van der Waals surface area contributed by atoms with E-state index in [0.29, 0.717) is 18.5 Å². The number of hydrogen-bond acceptors (Lipinski definition) is 4. The molecule has 1 atom stereocenters. The van der Waals surface area contributed by atoms with E-state index in [1.54, 1.807) is 12.1 Å². The molecule has 27 heavy (non-hydrogen) atoms. The molecule has 0 aliphatic rings. The Morgan fingerprint density at radius 1 is 1.00 bits per heavy atom. The normalized spacial score (nSPS) is 11.5. The Morgan fingerprint density at radius 2 is 1.59 bits per heavy atom. The van der Waals surface area contributed by atoms with E-state index in [1.165, 1.54) is 7.05 Å². The Morgan fingerprint density at radius 3 is 2.15 bits per heavy atom. The van der Waals surface area contributed by atoms with Crippen LogP contribution >= 0.6 is 0 Å². The number of likely N-dealkylation sites (N-methyl/N-ethyl adjacent to an activating group) is 1. The number of ketones is 1. The molecule has 0 heterocycles. The number of amides is 2. The molecule has 0 fully saturated rings. The third-order valence-corrected chi connectivity index (χ3v) is 4.21. The summed E-state index contributed by atoms with van der Waals surface area (Å²) in [5.41, 5.74) is 2.34. The van der Waals surface area contributed by atoms with Gasteiger partial charge in [-0.25, -0.2) is 0 Å². The standard InChI is InChI=1S/C21H24N2O4/c1-3-13-22-20(26)19(18(25)14-24)23(2)21(27)17-11-9-16(10-12-17)15-7-5-4-6-8-15/h4-12,19,24H,3,13-14H2,1-2H3,(H,22,26). The minimum atomic E-state index is -1.36. The highest BCUT2D eigenvalue weighted by atomic mass is 16.3. The van der Waals surface area contributed by atoms with Crippen LogP contribution in [-0.4, -0.2) is 53.8 Å². The van der Waals surface area contributed by atoms with Crippen molar-refractivity contribution >= 4 is 17.6 Å². The molecule has 0 saturated carbocycles. The molecule has 0 aromatic heterocycles. The summed E-state index contributed by atoms with van der Waals surface area (Å²) in [6.45, 7) is 1.46. The first-order chi connectivity index (χ1) is 13.0. The topological polar surface area (TPSA) is 86.7 Å². The van der Waals surface area contributed by atoms with Crippen molar-refractivity contribution in [2.75, 3.05) is 20.2 Å². The van der Waals surface area contributed by atoms with Gasteiger partial charge in [-0.05, 0) is 29.7 Å². The third kappa shape index (κ3) is 5.01. The van der Waals surface area contributed by atoms with Gasteiger partial charge in [0.15, 0.2) is 11.8 Å². The van der Waals surface area contributed by atoms with Crippen molar-refractivity contribution in [1.82, 2.24) is 10.2 Å². The van der Waals surface area contributed by atoms with Crippen LogP contribution < -0.4 is 5.32 Å². The zero-order valence-electron chi connectivity index (χ0n) is 15.5. The minimum absolute atomic E-state index is 0.358. The number of hydrogen-bond donors (Lipinski definition) is 2. The molecule has 0 saturated heterocycles. The summed E-state index contributed by atoms with van der Waals surface area (Å²) < 4.78 is 0. The van der Waals surface area contributed by atoms with Crippen LogP contribution in [0.5, 0.6) is 0 Å². The lowest BCUT2D eigenvalue weighted by Crippen LogP contribution is -2.53. The van der Waals surface area contributed by atoms with Crippen LogP contribution in [0.3, 0.4) is 0 Å². The smallest absolute Gasteiger partial charge is 0.254 e. The Bertz CT molecular complexity index is 788. The van der Waals surface area contributed by atoms with Gasteiger partial charge in [-0.1, -0.05) is 49.4 Å². The molecule has 2 amide bonds. The lowest BCUT2D eigenvalue weighted by molar-refractivity contribution is -0.136. The van der Waals surface area contributed by atoms with Crippen LogP contribution in [-0.2, 0) is 9.59 Å². The van der Waals surface area contributed by atoms with Crippen LogP contribution in [0.15, 0.2) is 54.6 Å². The van der Waals surface area contributed by atoms with Gasteiger partial charge in [0, 0.05) is 19.2 Å². The molecule has 2 rings (SSSR count). The fraction of sp³-hybridized carbons (Fsp3) is 0.286. The van der Waals surface area contributed by atoms with E-state index in [2.05, 4.69) is 5.32 Å². The number of aliphatic hydroxyl groups is 1. The molecule has 0 aliphatic heterocycles. The van der Waals surface area contributed by atoms with Crippen molar-refractivity contribution in [2.24, 2.45) is 0 Å². The number of nitrogens with one attached hydrogen (secondary N) is 1. The van der Waals surface area contributed by atoms with Gasteiger partial charge in [-0.2, -0.15) is 0 Å². The fourth-order valence-corrected chi connectivity index (χ4v) is 2.73. The maximum absolute atomic E-state index is 12.7. The number of carbonyl (C=O) groups is 3. The van der Waals surface area contributed by atoms with Crippen molar-refractivity contribution in [3.63, 3.8) is 0 Å². The second-order valence-electron chi connectivity index (χ2n) is 6.18. The highest BCUT2D eigenvalue weighted by Crippen LogP contribution is 2.20. The van der Waals surface area contributed by atoms with Gasteiger partial charge in [0.25, 0.3) is 11.8 Å². The van der Waals surface area contributed by atoms with E-state index in [1.807, 2.05) is 49.4 Å². The Labute approximate surface area is 158 Å². The van der Waals surface area contributed by atoms with E-state index in [-0.39, 0.29) is 0 Å². The monoisotopic (exact) mass is 368 g/mol. The average Bonchev–Trinajstić information content (AvgIpc) is 2.72. The molecule has 6 heteroatoms. The maximum atomic E-state index is 12.7. The largest absolute Gasteiger partial charge is 0.388 e. The first-order valence-corrected chi connectivity index (χ1v) is 8.83. The molecule has 1 unspecified atom stereocenters. The van der Waals surface area contributed by atoms with Gasteiger partial charge in [0.05, 0.1) is 0 Å². The fourth-order valence-electron chi connectivity index (χ4n) is 2.73.